The van der Waals surface area contributed by atoms with Crippen LogP contribution in [0.4, 0.5) is 9.18 Å². The highest BCUT2D eigenvalue weighted by Gasteiger charge is 2.26. The number of ether oxygens (including phenoxy) is 1. The van der Waals surface area contributed by atoms with Crippen molar-refractivity contribution < 1.29 is 18.7 Å². The van der Waals surface area contributed by atoms with Gasteiger partial charge < -0.3 is 14.5 Å². The summed E-state index contributed by atoms with van der Waals surface area (Å²) in [4.78, 5) is 27.6. The van der Waals surface area contributed by atoms with Crippen LogP contribution in [0.25, 0.3) is 11.3 Å². The summed E-state index contributed by atoms with van der Waals surface area (Å²) >= 11 is 0. The standard InChI is InChI=1S/C18H21FN4O3/c1-3-26-18(25)23-8-6-22(7-9-23)17(24)16-11-15(20-21-16)13-4-5-14(19)12(2)10-13/h4-5,10-11H,3,6-9H2,1-2H3,(H,20,21). The van der Waals surface area contributed by atoms with Gasteiger partial charge >= 0.3 is 6.09 Å². The number of piperazine rings is 1. The van der Waals surface area contributed by atoms with Gasteiger partial charge in [-0.3, -0.25) is 9.89 Å². The van der Waals surface area contributed by atoms with Crippen molar-refractivity contribution in [1.29, 1.82) is 0 Å². The minimum absolute atomic E-state index is 0.175. The lowest BCUT2D eigenvalue weighted by molar-refractivity contribution is 0.0566. The molecule has 0 aliphatic carbocycles. The Bertz CT molecular complexity index is 813. The second kappa shape index (κ2) is 7.55. The first-order chi connectivity index (χ1) is 12.5. The Morgan fingerprint density at radius 2 is 1.88 bits per heavy atom. The Kier molecular flexibility index (Phi) is 5.20. The fourth-order valence-electron chi connectivity index (χ4n) is 2.86. The molecule has 1 aliphatic heterocycles. The average molecular weight is 360 g/mol. The van der Waals surface area contributed by atoms with Crippen LogP contribution >= 0.6 is 0 Å². The fourth-order valence-corrected chi connectivity index (χ4v) is 2.86. The molecule has 0 radical (unpaired) electrons. The number of aromatic amines is 1. The molecular formula is C18H21FN4O3. The maximum Gasteiger partial charge on any atom is 0.409 e. The van der Waals surface area contributed by atoms with Crippen molar-refractivity contribution in [2.45, 2.75) is 13.8 Å². The Balaban J connectivity index is 1.65. The predicted octanol–water partition coefficient (Wildman–Crippen LogP) is 2.44. The van der Waals surface area contributed by atoms with Crippen LogP contribution in [-0.2, 0) is 4.74 Å². The lowest BCUT2D eigenvalue weighted by atomic mass is 10.1. The topological polar surface area (TPSA) is 78.5 Å². The van der Waals surface area contributed by atoms with E-state index < -0.39 is 0 Å². The van der Waals surface area contributed by atoms with Crippen molar-refractivity contribution in [2.75, 3.05) is 32.8 Å². The van der Waals surface area contributed by atoms with Gasteiger partial charge in [-0.2, -0.15) is 5.10 Å². The monoisotopic (exact) mass is 360 g/mol. The molecule has 0 spiro atoms. The number of carbonyl (C=O) groups is 2. The number of hydrogen-bond donors (Lipinski definition) is 1. The lowest BCUT2D eigenvalue weighted by Gasteiger charge is -2.33. The zero-order valence-corrected chi connectivity index (χ0v) is 14.8. The van der Waals surface area contributed by atoms with Crippen LogP contribution in [0.1, 0.15) is 23.0 Å². The Hall–Kier alpha value is -2.90. The molecular weight excluding hydrogens is 339 g/mol. The number of amides is 2. The van der Waals surface area contributed by atoms with Gasteiger partial charge in [0.05, 0.1) is 12.3 Å². The van der Waals surface area contributed by atoms with E-state index in [1.54, 1.807) is 41.8 Å². The van der Waals surface area contributed by atoms with Gasteiger partial charge in [-0.25, -0.2) is 9.18 Å². The first-order valence-electron chi connectivity index (χ1n) is 8.52. The molecule has 0 atom stereocenters. The number of aryl methyl sites for hydroxylation is 1. The van der Waals surface area contributed by atoms with Crippen molar-refractivity contribution in [3.8, 4) is 11.3 Å². The molecule has 1 N–H and O–H groups in total. The van der Waals surface area contributed by atoms with Crippen LogP contribution in [0.5, 0.6) is 0 Å². The molecule has 2 aromatic rings. The summed E-state index contributed by atoms with van der Waals surface area (Å²) in [5.74, 6) is -0.453. The Labute approximate surface area is 150 Å². The molecule has 0 unspecified atom stereocenters. The third-order valence-electron chi connectivity index (χ3n) is 4.35. The van der Waals surface area contributed by atoms with E-state index >= 15 is 0 Å². The molecule has 1 fully saturated rings. The number of nitrogens with zero attached hydrogens (tertiary/aromatic N) is 3. The molecule has 0 saturated carbocycles. The fraction of sp³-hybridized carbons (Fsp3) is 0.389. The summed E-state index contributed by atoms with van der Waals surface area (Å²) in [5, 5.41) is 6.91. The second-order valence-electron chi connectivity index (χ2n) is 6.11. The van der Waals surface area contributed by atoms with Gasteiger partial charge in [0, 0.05) is 31.7 Å². The number of nitrogens with one attached hydrogen (secondary N) is 1. The predicted molar refractivity (Wildman–Crippen MR) is 93.2 cm³/mol. The van der Waals surface area contributed by atoms with Crippen LogP contribution in [0.3, 0.4) is 0 Å². The first kappa shape index (κ1) is 17.9. The number of aromatic nitrogens is 2. The van der Waals surface area contributed by atoms with E-state index in [2.05, 4.69) is 10.2 Å². The molecule has 1 aromatic heterocycles. The number of H-pyrrole nitrogens is 1. The van der Waals surface area contributed by atoms with Crippen molar-refractivity contribution in [3.05, 3.63) is 41.3 Å². The van der Waals surface area contributed by atoms with E-state index in [1.165, 1.54) is 6.07 Å². The Morgan fingerprint density at radius 3 is 2.54 bits per heavy atom. The zero-order valence-electron chi connectivity index (χ0n) is 14.8. The summed E-state index contributed by atoms with van der Waals surface area (Å²) in [7, 11) is 0. The number of rotatable bonds is 3. The Morgan fingerprint density at radius 1 is 1.19 bits per heavy atom. The van der Waals surface area contributed by atoms with E-state index in [0.717, 1.165) is 5.56 Å². The van der Waals surface area contributed by atoms with Gasteiger partial charge in [-0.05, 0) is 43.7 Å². The first-order valence-corrected chi connectivity index (χ1v) is 8.52. The maximum absolute atomic E-state index is 13.4. The molecule has 7 nitrogen and oxygen atoms in total. The highest BCUT2D eigenvalue weighted by atomic mass is 19.1. The van der Waals surface area contributed by atoms with Gasteiger partial charge in [0.15, 0.2) is 0 Å². The van der Waals surface area contributed by atoms with Gasteiger partial charge in [-0.15, -0.1) is 0 Å². The van der Waals surface area contributed by atoms with E-state index in [0.29, 0.717) is 49.7 Å². The van der Waals surface area contributed by atoms with E-state index in [4.69, 9.17) is 4.74 Å². The molecule has 1 aliphatic rings. The highest BCUT2D eigenvalue weighted by molar-refractivity contribution is 5.93. The number of carbonyl (C=O) groups excluding carboxylic acids is 2. The maximum atomic E-state index is 13.4. The number of hydrogen-bond acceptors (Lipinski definition) is 4. The molecule has 1 saturated heterocycles. The van der Waals surface area contributed by atoms with E-state index in [-0.39, 0.29) is 17.8 Å². The molecule has 2 heterocycles. The quantitative estimate of drug-likeness (QED) is 0.912. The molecule has 3 rings (SSSR count). The smallest absolute Gasteiger partial charge is 0.409 e. The number of benzene rings is 1. The van der Waals surface area contributed by atoms with Crippen molar-refractivity contribution in [1.82, 2.24) is 20.0 Å². The average Bonchev–Trinajstić information content (AvgIpc) is 3.14. The molecule has 8 heteroatoms. The normalized spacial score (nSPS) is 14.4. The minimum Gasteiger partial charge on any atom is -0.450 e. The van der Waals surface area contributed by atoms with Crippen LogP contribution in [0.2, 0.25) is 0 Å². The largest absolute Gasteiger partial charge is 0.450 e. The van der Waals surface area contributed by atoms with Gasteiger partial charge in [0.2, 0.25) is 0 Å². The van der Waals surface area contributed by atoms with Crippen molar-refractivity contribution in [2.24, 2.45) is 0 Å². The summed E-state index contributed by atoms with van der Waals surface area (Å²) in [5.41, 5.74) is 2.22. The summed E-state index contributed by atoms with van der Waals surface area (Å²) < 4.78 is 18.4. The van der Waals surface area contributed by atoms with Gasteiger partial charge in [-0.1, -0.05) is 0 Å². The third kappa shape index (κ3) is 3.68. The molecule has 138 valence electrons. The van der Waals surface area contributed by atoms with Crippen LogP contribution in [0, 0.1) is 12.7 Å². The molecule has 1 aromatic carbocycles. The zero-order chi connectivity index (χ0) is 18.7. The second-order valence-corrected chi connectivity index (χ2v) is 6.11. The van der Waals surface area contributed by atoms with Crippen LogP contribution in [0.15, 0.2) is 24.3 Å². The summed E-state index contributed by atoms with van der Waals surface area (Å²) in [6, 6.07) is 6.37. The molecule has 0 bridgehead atoms. The van der Waals surface area contributed by atoms with Gasteiger partial charge in [0.1, 0.15) is 11.5 Å². The van der Waals surface area contributed by atoms with Crippen molar-refractivity contribution in [3.63, 3.8) is 0 Å². The lowest BCUT2D eigenvalue weighted by Crippen LogP contribution is -2.50. The van der Waals surface area contributed by atoms with E-state index in [9.17, 15) is 14.0 Å². The van der Waals surface area contributed by atoms with Crippen LogP contribution in [-0.4, -0.2) is 64.8 Å². The third-order valence-corrected chi connectivity index (χ3v) is 4.35. The van der Waals surface area contributed by atoms with Gasteiger partial charge in [0.25, 0.3) is 5.91 Å². The summed E-state index contributed by atoms with van der Waals surface area (Å²) in [6.45, 7) is 5.50. The van der Waals surface area contributed by atoms with Crippen molar-refractivity contribution >= 4 is 12.0 Å². The number of halogens is 1. The van der Waals surface area contributed by atoms with E-state index in [1.807, 2.05) is 0 Å². The summed E-state index contributed by atoms with van der Waals surface area (Å²) in [6.07, 6.45) is -0.352. The minimum atomic E-state index is -0.352. The molecule has 2 amide bonds. The molecule has 26 heavy (non-hydrogen) atoms. The van der Waals surface area contributed by atoms with Crippen LogP contribution < -0.4 is 0 Å². The SMILES string of the molecule is CCOC(=O)N1CCN(C(=O)c2cc(-c3ccc(F)c(C)c3)n[nH]2)CC1. The highest BCUT2D eigenvalue weighted by Crippen LogP contribution is 2.21.